The number of benzene rings is 4. The summed E-state index contributed by atoms with van der Waals surface area (Å²) in [7, 11) is 0. The molecule has 0 atom stereocenters. The van der Waals surface area contributed by atoms with Crippen LogP contribution in [-0.4, -0.2) is 33.5 Å². The van der Waals surface area contributed by atoms with Crippen LogP contribution in [0.4, 0.5) is 10.5 Å². The highest BCUT2D eigenvalue weighted by molar-refractivity contribution is 9.10. The number of carbonyl (C=O) groups is 3. The number of nitrogens with zero attached hydrogens (tertiary/aromatic N) is 2. The third-order valence-corrected chi connectivity index (χ3v) is 7.69. The predicted molar refractivity (Wildman–Crippen MR) is 159 cm³/mol. The number of nitro benzene ring substituents is 1. The lowest BCUT2D eigenvalue weighted by molar-refractivity contribution is -0.384. The first-order chi connectivity index (χ1) is 19.7. The highest BCUT2D eigenvalue weighted by Crippen LogP contribution is 2.40. The Labute approximate surface area is 247 Å². The topological polar surface area (TPSA) is 116 Å². The van der Waals surface area contributed by atoms with Crippen molar-refractivity contribution >= 4 is 67.3 Å². The number of halogens is 1. The van der Waals surface area contributed by atoms with E-state index in [0.717, 1.165) is 27.4 Å². The first-order valence-corrected chi connectivity index (χ1v) is 14.0. The zero-order chi connectivity index (χ0) is 29.1. The molecule has 0 radical (unpaired) electrons. The van der Waals surface area contributed by atoms with Crippen molar-refractivity contribution in [2.75, 3.05) is 6.61 Å². The summed E-state index contributed by atoms with van der Waals surface area (Å²) in [6, 6.07) is 21.9. The molecular weight excluding hydrogens is 612 g/mol. The minimum atomic E-state index is -0.552. The molecule has 0 spiro atoms. The van der Waals surface area contributed by atoms with Gasteiger partial charge in [-0.05, 0) is 80.8 Å². The monoisotopic (exact) mass is 632 g/mol. The number of non-ortho nitro benzene ring substituents is 1. The summed E-state index contributed by atoms with van der Waals surface area (Å²) < 4.78 is 12.0. The summed E-state index contributed by atoms with van der Waals surface area (Å²) in [4.78, 5) is 50.5. The minimum absolute atomic E-state index is 0.0169. The van der Waals surface area contributed by atoms with Crippen LogP contribution in [0.15, 0.2) is 88.2 Å². The second kappa shape index (κ2) is 11.9. The average Bonchev–Trinajstić information content (AvgIpc) is 3.22. The van der Waals surface area contributed by atoms with E-state index in [4.69, 9.17) is 9.47 Å². The smallest absolute Gasteiger partial charge is 0.344 e. The molecule has 41 heavy (non-hydrogen) atoms. The second-order valence-electron chi connectivity index (χ2n) is 8.87. The van der Waals surface area contributed by atoms with Gasteiger partial charge in [0.1, 0.15) is 0 Å². The molecule has 0 bridgehead atoms. The van der Waals surface area contributed by atoms with Crippen LogP contribution in [0.25, 0.3) is 16.8 Å². The number of hydrogen-bond donors (Lipinski definition) is 0. The highest BCUT2D eigenvalue weighted by Gasteiger charge is 2.35. The molecule has 1 saturated heterocycles. The molecule has 0 saturated carbocycles. The highest BCUT2D eigenvalue weighted by atomic mass is 79.9. The van der Waals surface area contributed by atoms with Gasteiger partial charge in [0.15, 0.2) is 11.5 Å². The van der Waals surface area contributed by atoms with Crippen molar-refractivity contribution < 1.29 is 28.8 Å². The number of rotatable bonds is 8. The molecule has 0 N–H and O–H groups in total. The van der Waals surface area contributed by atoms with E-state index in [1.165, 1.54) is 24.3 Å². The van der Waals surface area contributed by atoms with Gasteiger partial charge in [-0.1, -0.05) is 48.5 Å². The molecule has 2 amide bonds. The quantitative estimate of drug-likeness (QED) is 0.0650. The maximum Gasteiger partial charge on any atom is 0.344 e. The van der Waals surface area contributed by atoms with Gasteiger partial charge in [-0.3, -0.25) is 24.6 Å². The molecule has 4 aromatic carbocycles. The summed E-state index contributed by atoms with van der Waals surface area (Å²) in [5.74, 6) is -0.567. The van der Waals surface area contributed by atoms with Crippen molar-refractivity contribution in [1.82, 2.24) is 4.90 Å². The van der Waals surface area contributed by atoms with Gasteiger partial charge in [0.05, 0.1) is 33.0 Å². The number of nitro groups is 1. The molecule has 1 fully saturated rings. The number of imide groups is 1. The van der Waals surface area contributed by atoms with E-state index in [1.54, 1.807) is 37.3 Å². The van der Waals surface area contributed by atoms with Gasteiger partial charge in [0, 0.05) is 12.1 Å². The molecule has 1 heterocycles. The van der Waals surface area contributed by atoms with E-state index in [-0.39, 0.29) is 28.6 Å². The lowest BCUT2D eigenvalue weighted by atomic mass is 10.0. The van der Waals surface area contributed by atoms with Crippen LogP contribution < -0.4 is 9.47 Å². The molecule has 0 unspecified atom stereocenters. The van der Waals surface area contributed by atoms with Gasteiger partial charge in [-0.25, -0.2) is 4.79 Å². The van der Waals surface area contributed by atoms with Crippen molar-refractivity contribution in [2.45, 2.75) is 13.5 Å². The maximum absolute atomic E-state index is 13.2. The summed E-state index contributed by atoms with van der Waals surface area (Å²) in [6.07, 6.45) is 1.56. The fourth-order valence-corrected chi connectivity index (χ4v) is 5.66. The average molecular weight is 633 g/mol. The summed E-state index contributed by atoms with van der Waals surface area (Å²) >= 11 is 4.25. The molecule has 1 aliphatic heterocycles. The Morgan fingerprint density at radius 3 is 2.51 bits per heavy atom. The van der Waals surface area contributed by atoms with Crippen LogP contribution in [0.2, 0.25) is 0 Å². The standard InChI is InChI=1S/C30H21BrN2O7S/c1-2-39-25-15-19(14-24(31)27(25)40-29(35)23-9-5-7-20-6-3-4-8-22(20)23)16-26-28(34)32(30(36)41-26)17-18-10-12-21(13-11-18)33(37)38/h3-16H,2,17H2,1H3/b26-16-. The van der Waals surface area contributed by atoms with Gasteiger partial charge in [0.2, 0.25) is 0 Å². The van der Waals surface area contributed by atoms with E-state index < -0.39 is 22.0 Å². The van der Waals surface area contributed by atoms with Crippen LogP contribution in [0.3, 0.4) is 0 Å². The van der Waals surface area contributed by atoms with Crippen molar-refractivity contribution in [3.05, 3.63) is 115 Å². The predicted octanol–water partition coefficient (Wildman–Crippen LogP) is 7.36. The molecule has 0 aromatic heterocycles. The number of carbonyl (C=O) groups excluding carboxylic acids is 3. The van der Waals surface area contributed by atoms with Gasteiger partial charge in [-0.2, -0.15) is 0 Å². The zero-order valence-corrected chi connectivity index (χ0v) is 23.9. The number of thioether (sulfide) groups is 1. The van der Waals surface area contributed by atoms with E-state index in [9.17, 15) is 24.5 Å². The fraction of sp³-hybridized carbons (Fsp3) is 0.100. The lowest BCUT2D eigenvalue weighted by Crippen LogP contribution is -2.27. The maximum atomic E-state index is 13.2. The van der Waals surface area contributed by atoms with Gasteiger partial charge < -0.3 is 9.47 Å². The van der Waals surface area contributed by atoms with Gasteiger partial charge in [-0.15, -0.1) is 0 Å². The molecule has 9 nitrogen and oxygen atoms in total. The third-order valence-electron chi connectivity index (χ3n) is 6.20. The Kier molecular flexibility index (Phi) is 8.18. The zero-order valence-electron chi connectivity index (χ0n) is 21.5. The molecular formula is C30H21BrN2O7S. The van der Waals surface area contributed by atoms with Crippen LogP contribution in [0.5, 0.6) is 11.5 Å². The first kappa shape index (κ1) is 28.1. The normalized spacial score (nSPS) is 14.1. The minimum Gasteiger partial charge on any atom is -0.490 e. The Morgan fingerprint density at radius 1 is 1.05 bits per heavy atom. The van der Waals surface area contributed by atoms with Crippen molar-refractivity contribution in [3.8, 4) is 11.5 Å². The molecule has 206 valence electrons. The number of hydrogen-bond acceptors (Lipinski definition) is 8. The number of amides is 2. The molecule has 1 aliphatic rings. The van der Waals surface area contributed by atoms with E-state index in [0.29, 0.717) is 27.8 Å². The SMILES string of the molecule is CCOc1cc(/C=C2\SC(=O)N(Cc3ccc([N+](=O)[O-])cc3)C2=O)cc(Br)c1OC(=O)c1cccc2ccccc12. The van der Waals surface area contributed by atoms with Crippen LogP contribution in [-0.2, 0) is 11.3 Å². The fourth-order valence-electron chi connectivity index (χ4n) is 4.28. The Balaban J connectivity index is 1.39. The van der Waals surface area contributed by atoms with Crippen molar-refractivity contribution in [3.63, 3.8) is 0 Å². The van der Waals surface area contributed by atoms with E-state index in [2.05, 4.69) is 15.9 Å². The molecule has 0 aliphatic carbocycles. The van der Waals surface area contributed by atoms with E-state index in [1.807, 2.05) is 30.3 Å². The third kappa shape index (κ3) is 6.01. The van der Waals surface area contributed by atoms with Crippen LogP contribution >= 0.6 is 27.7 Å². The van der Waals surface area contributed by atoms with Crippen molar-refractivity contribution in [2.24, 2.45) is 0 Å². The molecule has 4 aromatic rings. The second-order valence-corrected chi connectivity index (χ2v) is 10.7. The summed E-state index contributed by atoms with van der Waals surface area (Å²) in [5.41, 5.74) is 1.46. The van der Waals surface area contributed by atoms with Crippen molar-refractivity contribution in [1.29, 1.82) is 0 Å². The lowest BCUT2D eigenvalue weighted by Gasteiger charge is -2.14. The first-order valence-electron chi connectivity index (χ1n) is 12.4. The van der Waals surface area contributed by atoms with Crippen LogP contribution in [0.1, 0.15) is 28.4 Å². The largest absolute Gasteiger partial charge is 0.490 e. The Bertz CT molecular complexity index is 1730. The number of esters is 1. The van der Waals surface area contributed by atoms with Gasteiger partial charge in [0.25, 0.3) is 16.8 Å². The van der Waals surface area contributed by atoms with Gasteiger partial charge >= 0.3 is 5.97 Å². The summed E-state index contributed by atoms with van der Waals surface area (Å²) in [5, 5.41) is 12.1. The number of fused-ring (bicyclic) bond motifs is 1. The number of ether oxygens (including phenoxy) is 2. The van der Waals surface area contributed by atoms with E-state index >= 15 is 0 Å². The molecule has 11 heteroatoms. The Morgan fingerprint density at radius 2 is 1.78 bits per heavy atom. The molecule has 5 rings (SSSR count). The summed E-state index contributed by atoms with van der Waals surface area (Å²) in [6.45, 7) is 2.07. The van der Waals surface area contributed by atoms with Crippen LogP contribution in [0, 0.1) is 10.1 Å². The Hall–Kier alpha value is -4.48.